The van der Waals surface area contributed by atoms with Crippen LogP contribution < -0.4 is 0 Å². The van der Waals surface area contributed by atoms with E-state index in [1.165, 1.54) is 6.20 Å². The molecule has 0 unspecified atom stereocenters. The number of aldehydes is 1. The second kappa shape index (κ2) is 2.83. The maximum Gasteiger partial charge on any atom is 0.187 e. The van der Waals surface area contributed by atoms with Gasteiger partial charge in [0.2, 0.25) is 0 Å². The average molecular weight is 160 g/mol. The Kier molecular flexibility index (Phi) is 2.06. The predicted octanol–water partition coefficient (Wildman–Crippen LogP) is 1.38. The monoisotopic (exact) mass is 160 g/mol. The average Bonchev–Trinajstić information content (AvgIpc) is 2.30. The van der Waals surface area contributed by atoms with Crippen LogP contribution in [0, 0.1) is 6.92 Å². The molecular formula is C5H5FN2OS. The molecule has 0 aliphatic carbocycles. The third-order valence-corrected chi connectivity index (χ3v) is 1.44. The van der Waals surface area contributed by atoms with Crippen molar-refractivity contribution in [3.8, 4) is 0 Å². The lowest BCUT2D eigenvalue weighted by atomic mass is 10.3. The summed E-state index contributed by atoms with van der Waals surface area (Å²) in [4.78, 5) is 10.2. The molecule has 0 saturated heterocycles. The zero-order chi connectivity index (χ0) is 7.56. The van der Waals surface area contributed by atoms with Crippen LogP contribution in [0.4, 0.5) is 3.89 Å². The largest absolute Gasteiger partial charge is 0.298 e. The van der Waals surface area contributed by atoms with Crippen LogP contribution in [0.25, 0.3) is 0 Å². The van der Waals surface area contributed by atoms with E-state index in [1.807, 2.05) is 0 Å². The van der Waals surface area contributed by atoms with Crippen molar-refractivity contribution in [2.24, 2.45) is 0 Å². The number of rotatable bonds is 2. The maximum absolute atomic E-state index is 11.8. The Morgan fingerprint density at radius 2 is 2.60 bits per heavy atom. The van der Waals surface area contributed by atoms with E-state index >= 15 is 0 Å². The molecule has 0 fully saturated rings. The molecule has 0 N–H and O–H groups in total. The number of carbonyl (C=O) groups excluding carboxylic acids is 1. The van der Waals surface area contributed by atoms with Crippen molar-refractivity contribution in [2.45, 2.75) is 6.92 Å². The highest BCUT2D eigenvalue weighted by Gasteiger charge is 2.02. The Morgan fingerprint density at radius 1 is 1.90 bits per heavy atom. The highest BCUT2D eigenvalue weighted by Crippen LogP contribution is 2.09. The lowest BCUT2D eigenvalue weighted by Crippen LogP contribution is -1.82. The Hall–Kier alpha value is -0.840. The highest BCUT2D eigenvalue weighted by atomic mass is 32.2. The summed E-state index contributed by atoms with van der Waals surface area (Å²) in [5.41, 5.74) is 0.963. The van der Waals surface area contributed by atoms with Gasteiger partial charge in [0.1, 0.15) is 0 Å². The number of halogens is 1. The summed E-state index contributed by atoms with van der Waals surface area (Å²) in [6, 6.07) is 0. The topological polar surface area (TPSA) is 34.9 Å². The van der Waals surface area contributed by atoms with E-state index in [9.17, 15) is 8.68 Å². The molecule has 0 bridgehead atoms. The van der Waals surface area contributed by atoms with Crippen molar-refractivity contribution >= 4 is 18.6 Å². The summed E-state index contributed by atoms with van der Waals surface area (Å²) in [6.07, 6.45) is 1.99. The number of aromatic nitrogens is 2. The smallest absolute Gasteiger partial charge is 0.187 e. The predicted molar refractivity (Wildman–Crippen MR) is 36.4 cm³/mol. The zero-order valence-corrected chi connectivity index (χ0v) is 6.06. The third-order valence-electron chi connectivity index (χ3n) is 1.11. The number of aryl methyl sites for hydroxylation is 1. The van der Waals surface area contributed by atoms with Gasteiger partial charge in [-0.2, -0.15) is 9.19 Å². The zero-order valence-electron chi connectivity index (χ0n) is 5.24. The van der Waals surface area contributed by atoms with Gasteiger partial charge in [-0.15, -0.1) is 3.89 Å². The van der Waals surface area contributed by atoms with Crippen LogP contribution in [-0.4, -0.2) is 15.5 Å². The summed E-state index contributed by atoms with van der Waals surface area (Å²) in [7, 11) is 0. The summed E-state index contributed by atoms with van der Waals surface area (Å²) in [5, 5.41) is 3.67. The Morgan fingerprint density at radius 3 is 2.90 bits per heavy atom. The minimum atomic E-state index is -0.0342. The normalized spacial score (nSPS) is 9.80. The minimum absolute atomic E-state index is 0.0342. The van der Waals surface area contributed by atoms with Gasteiger partial charge in [0.25, 0.3) is 0 Å². The molecule has 1 rings (SSSR count). The fourth-order valence-electron chi connectivity index (χ4n) is 0.598. The lowest BCUT2D eigenvalue weighted by molar-refractivity contribution is 0.112. The van der Waals surface area contributed by atoms with Crippen LogP contribution in [0.15, 0.2) is 6.20 Å². The van der Waals surface area contributed by atoms with Crippen LogP contribution in [0.2, 0.25) is 0 Å². The molecule has 0 aliphatic rings. The molecule has 10 heavy (non-hydrogen) atoms. The second-order valence-electron chi connectivity index (χ2n) is 1.76. The van der Waals surface area contributed by atoms with Crippen molar-refractivity contribution in [2.75, 3.05) is 0 Å². The van der Waals surface area contributed by atoms with Gasteiger partial charge in [-0.25, -0.2) is 0 Å². The fourth-order valence-corrected chi connectivity index (χ4v) is 0.905. The van der Waals surface area contributed by atoms with E-state index in [2.05, 4.69) is 5.10 Å². The van der Waals surface area contributed by atoms with E-state index in [0.29, 0.717) is 17.5 Å². The van der Waals surface area contributed by atoms with Gasteiger partial charge in [-0.3, -0.25) is 4.79 Å². The van der Waals surface area contributed by atoms with Crippen LogP contribution in [0.5, 0.6) is 0 Å². The molecule has 1 aromatic heterocycles. The summed E-state index contributed by atoms with van der Waals surface area (Å²) in [5.74, 6) is 0. The summed E-state index contributed by atoms with van der Waals surface area (Å²) in [6.45, 7) is 1.65. The molecule has 1 heterocycles. The van der Waals surface area contributed by atoms with E-state index < -0.39 is 0 Å². The van der Waals surface area contributed by atoms with Crippen LogP contribution >= 0.6 is 12.3 Å². The van der Waals surface area contributed by atoms with Crippen LogP contribution in [0.1, 0.15) is 16.1 Å². The van der Waals surface area contributed by atoms with Gasteiger partial charge >= 0.3 is 0 Å². The molecular weight excluding hydrogens is 155 g/mol. The third kappa shape index (κ3) is 1.18. The molecule has 5 heteroatoms. The molecule has 54 valence electrons. The van der Waals surface area contributed by atoms with Gasteiger partial charge in [-0.05, 0) is 6.92 Å². The molecule has 0 atom stereocenters. The Balaban J connectivity index is 3.03. The SMILES string of the molecule is Cc1nn(SF)cc1C=O. The standard InChI is InChI=1S/C5H5FN2OS/c1-4-5(3-9)2-8(7-4)10-6/h2-3H,1H3. The van der Waals surface area contributed by atoms with Crippen LogP contribution in [-0.2, 0) is 0 Å². The van der Waals surface area contributed by atoms with Crippen molar-refractivity contribution in [3.05, 3.63) is 17.5 Å². The van der Waals surface area contributed by atoms with E-state index in [1.54, 1.807) is 6.92 Å². The van der Waals surface area contributed by atoms with Crippen molar-refractivity contribution in [3.63, 3.8) is 0 Å². The highest BCUT2D eigenvalue weighted by molar-refractivity contribution is 7.92. The molecule has 3 nitrogen and oxygen atoms in total. The number of hydrogen-bond donors (Lipinski definition) is 0. The fraction of sp³-hybridized carbons (Fsp3) is 0.200. The minimum Gasteiger partial charge on any atom is -0.298 e. The van der Waals surface area contributed by atoms with E-state index in [4.69, 9.17) is 0 Å². The van der Waals surface area contributed by atoms with E-state index in [0.717, 1.165) is 4.09 Å². The number of hydrogen-bond acceptors (Lipinski definition) is 3. The summed E-state index contributed by atoms with van der Waals surface area (Å²) < 4.78 is 12.8. The van der Waals surface area contributed by atoms with Crippen molar-refractivity contribution in [1.29, 1.82) is 0 Å². The second-order valence-corrected chi connectivity index (χ2v) is 2.27. The first-order valence-electron chi connectivity index (χ1n) is 2.58. The molecule has 0 aromatic carbocycles. The van der Waals surface area contributed by atoms with Gasteiger partial charge < -0.3 is 0 Å². The molecule has 0 spiro atoms. The Bertz CT molecular complexity index is 248. The van der Waals surface area contributed by atoms with Crippen molar-refractivity contribution in [1.82, 2.24) is 9.19 Å². The molecule has 0 saturated carbocycles. The molecule has 0 radical (unpaired) electrons. The first kappa shape index (κ1) is 7.27. The molecule has 0 aliphatic heterocycles. The summed E-state index contributed by atoms with van der Waals surface area (Å²) >= 11 is -0.0342. The van der Waals surface area contributed by atoms with Gasteiger partial charge in [0, 0.05) is 0 Å². The quantitative estimate of drug-likeness (QED) is 0.613. The van der Waals surface area contributed by atoms with Crippen molar-refractivity contribution < 1.29 is 8.68 Å². The van der Waals surface area contributed by atoms with E-state index in [-0.39, 0.29) is 12.3 Å². The van der Waals surface area contributed by atoms with Gasteiger partial charge in [-0.1, -0.05) is 0 Å². The van der Waals surface area contributed by atoms with Gasteiger partial charge in [0.15, 0.2) is 18.6 Å². The van der Waals surface area contributed by atoms with Crippen LogP contribution in [0.3, 0.4) is 0 Å². The first-order chi connectivity index (χ1) is 4.77. The molecule has 1 aromatic rings. The number of nitrogens with zero attached hydrogens (tertiary/aromatic N) is 2. The Labute approximate surface area is 61.6 Å². The number of carbonyl (C=O) groups is 1. The lowest BCUT2D eigenvalue weighted by Gasteiger charge is -1.82. The van der Waals surface area contributed by atoms with Gasteiger partial charge in [0.05, 0.1) is 17.5 Å². The maximum atomic E-state index is 11.8. The first-order valence-corrected chi connectivity index (χ1v) is 3.26. The molecule has 0 amide bonds.